The maximum atomic E-state index is 11.9. The summed E-state index contributed by atoms with van der Waals surface area (Å²) in [6, 6.07) is 6.46. The Labute approximate surface area is 108 Å². The second-order valence-corrected chi connectivity index (χ2v) is 7.01. The van der Waals surface area contributed by atoms with Gasteiger partial charge in [0.2, 0.25) is 0 Å². The number of sulfonamides is 1. The van der Waals surface area contributed by atoms with Crippen molar-refractivity contribution < 1.29 is 8.42 Å². The van der Waals surface area contributed by atoms with E-state index in [9.17, 15) is 8.42 Å². The molecule has 2 rings (SSSR count). The van der Waals surface area contributed by atoms with Crippen molar-refractivity contribution in [3.8, 4) is 0 Å². The van der Waals surface area contributed by atoms with Gasteiger partial charge in [-0.15, -0.1) is 11.3 Å². The largest absolute Gasteiger partial charge is 0.272 e. The van der Waals surface area contributed by atoms with Gasteiger partial charge in [-0.1, -0.05) is 11.6 Å². The second kappa shape index (κ2) is 4.64. The monoisotopic (exact) mass is 288 g/mol. The molecule has 0 bridgehead atoms. The van der Waals surface area contributed by atoms with Crippen LogP contribution in [0.3, 0.4) is 0 Å². The lowest BCUT2D eigenvalue weighted by atomic mass is 10.3. The molecule has 2 heterocycles. The number of pyridine rings is 1. The minimum Gasteiger partial charge on any atom is -0.263 e. The SMILES string of the molecule is Cc1ccnc(NS(=O)(=O)c2ccc(Cl)s2)c1. The van der Waals surface area contributed by atoms with Crippen molar-refractivity contribution in [2.45, 2.75) is 11.1 Å². The summed E-state index contributed by atoms with van der Waals surface area (Å²) < 4.78 is 26.9. The van der Waals surface area contributed by atoms with E-state index in [1.54, 1.807) is 24.4 Å². The van der Waals surface area contributed by atoms with Crippen LogP contribution in [0.25, 0.3) is 0 Å². The van der Waals surface area contributed by atoms with Gasteiger partial charge in [-0.2, -0.15) is 0 Å². The van der Waals surface area contributed by atoms with Gasteiger partial charge in [-0.05, 0) is 36.8 Å². The molecule has 90 valence electrons. The number of hydrogen-bond acceptors (Lipinski definition) is 4. The molecular weight excluding hydrogens is 280 g/mol. The number of aryl methyl sites for hydroxylation is 1. The molecule has 0 spiro atoms. The Morgan fingerprint density at radius 2 is 2.12 bits per heavy atom. The van der Waals surface area contributed by atoms with E-state index in [2.05, 4.69) is 9.71 Å². The Balaban J connectivity index is 2.29. The summed E-state index contributed by atoms with van der Waals surface area (Å²) in [7, 11) is -3.59. The zero-order chi connectivity index (χ0) is 12.5. The van der Waals surface area contributed by atoms with Crippen molar-refractivity contribution >= 4 is 38.8 Å². The van der Waals surface area contributed by atoms with E-state index in [0.29, 0.717) is 10.2 Å². The number of aromatic nitrogens is 1. The summed E-state index contributed by atoms with van der Waals surface area (Å²) in [6.07, 6.45) is 1.55. The lowest BCUT2D eigenvalue weighted by Crippen LogP contribution is -2.12. The first-order valence-electron chi connectivity index (χ1n) is 4.68. The third-order valence-electron chi connectivity index (χ3n) is 1.97. The molecule has 17 heavy (non-hydrogen) atoms. The second-order valence-electron chi connectivity index (χ2n) is 3.38. The molecule has 1 N–H and O–H groups in total. The number of hydrogen-bond donors (Lipinski definition) is 1. The molecular formula is C10H9ClN2O2S2. The molecule has 0 saturated heterocycles. The van der Waals surface area contributed by atoms with Crippen molar-refractivity contribution in [3.05, 3.63) is 40.4 Å². The molecule has 0 aliphatic carbocycles. The first kappa shape index (κ1) is 12.3. The molecule has 0 radical (unpaired) electrons. The summed E-state index contributed by atoms with van der Waals surface area (Å²) in [5.41, 5.74) is 0.932. The molecule has 7 heteroatoms. The number of anilines is 1. The summed E-state index contributed by atoms with van der Waals surface area (Å²) >= 11 is 6.71. The van der Waals surface area contributed by atoms with Gasteiger partial charge >= 0.3 is 0 Å². The molecule has 0 aromatic carbocycles. The Morgan fingerprint density at radius 1 is 1.35 bits per heavy atom. The van der Waals surface area contributed by atoms with Crippen LogP contribution in [0.2, 0.25) is 4.34 Å². The van der Waals surface area contributed by atoms with Gasteiger partial charge in [0.25, 0.3) is 10.0 Å². The van der Waals surface area contributed by atoms with Crippen molar-refractivity contribution in [2.24, 2.45) is 0 Å². The summed E-state index contributed by atoms with van der Waals surface area (Å²) in [4.78, 5) is 3.94. The van der Waals surface area contributed by atoms with Gasteiger partial charge in [-0.25, -0.2) is 13.4 Å². The molecule has 0 amide bonds. The normalized spacial score (nSPS) is 11.4. The first-order chi connectivity index (χ1) is 7.97. The van der Waals surface area contributed by atoms with Crippen LogP contribution < -0.4 is 4.72 Å². The molecule has 0 aliphatic rings. The van der Waals surface area contributed by atoms with Gasteiger partial charge < -0.3 is 0 Å². The zero-order valence-electron chi connectivity index (χ0n) is 8.84. The van der Waals surface area contributed by atoms with E-state index in [4.69, 9.17) is 11.6 Å². The van der Waals surface area contributed by atoms with E-state index in [0.717, 1.165) is 16.9 Å². The van der Waals surface area contributed by atoms with Crippen LogP contribution in [0.1, 0.15) is 5.56 Å². The summed E-state index contributed by atoms with van der Waals surface area (Å²) in [5, 5.41) is 0. The molecule has 0 unspecified atom stereocenters. The minimum absolute atomic E-state index is 0.172. The minimum atomic E-state index is -3.59. The van der Waals surface area contributed by atoms with Crippen molar-refractivity contribution in [2.75, 3.05) is 4.72 Å². The average molecular weight is 289 g/mol. The van der Waals surface area contributed by atoms with Gasteiger partial charge in [0, 0.05) is 6.20 Å². The van der Waals surface area contributed by atoms with Crippen LogP contribution >= 0.6 is 22.9 Å². The molecule has 0 fully saturated rings. The third kappa shape index (κ3) is 2.96. The Morgan fingerprint density at radius 3 is 2.71 bits per heavy atom. The summed E-state index contributed by atoms with van der Waals surface area (Å²) in [6.45, 7) is 1.86. The molecule has 0 saturated carbocycles. The number of halogens is 1. The molecule has 0 aliphatic heterocycles. The van der Waals surface area contributed by atoms with Crippen LogP contribution in [0.4, 0.5) is 5.82 Å². The van der Waals surface area contributed by atoms with Crippen LogP contribution in [-0.2, 0) is 10.0 Å². The lowest BCUT2D eigenvalue weighted by Gasteiger charge is -2.05. The van der Waals surface area contributed by atoms with Crippen molar-refractivity contribution in [1.29, 1.82) is 0 Å². The standard InChI is InChI=1S/C10H9ClN2O2S2/c1-7-4-5-12-9(6-7)13-17(14,15)10-3-2-8(11)16-10/h2-6H,1H3,(H,12,13). The van der Waals surface area contributed by atoms with Gasteiger partial charge in [0.05, 0.1) is 4.34 Å². The Hall–Kier alpha value is -1.11. The van der Waals surface area contributed by atoms with E-state index in [1.165, 1.54) is 6.07 Å². The fourth-order valence-corrected chi connectivity index (χ4v) is 3.70. The highest BCUT2D eigenvalue weighted by molar-refractivity contribution is 7.94. The fourth-order valence-electron chi connectivity index (χ4n) is 1.22. The smallest absolute Gasteiger partial charge is 0.263 e. The molecule has 2 aromatic heterocycles. The van der Waals surface area contributed by atoms with Crippen LogP contribution in [0, 0.1) is 6.92 Å². The lowest BCUT2D eigenvalue weighted by molar-refractivity contribution is 0.603. The predicted octanol–water partition coefficient (Wildman–Crippen LogP) is 2.91. The first-order valence-corrected chi connectivity index (χ1v) is 7.36. The van der Waals surface area contributed by atoms with E-state index >= 15 is 0 Å². The van der Waals surface area contributed by atoms with E-state index in [-0.39, 0.29) is 4.21 Å². The maximum absolute atomic E-state index is 11.9. The highest BCUT2D eigenvalue weighted by atomic mass is 35.5. The van der Waals surface area contributed by atoms with E-state index < -0.39 is 10.0 Å². The maximum Gasteiger partial charge on any atom is 0.272 e. The highest BCUT2D eigenvalue weighted by Crippen LogP contribution is 2.26. The van der Waals surface area contributed by atoms with Crippen molar-refractivity contribution in [3.63, 3.8) is 0 Å². The third-order valence-corrected chi connectivity index (χ3v) is 5.05. The number of rotatable bonds is 3. The van der Waals surface area contributed by atoms with E-state index in [1.807, 2.05) is 6.92 Å². The van der Waals surface area contributed by atoms with Gasteiger partial charge in [-0.3, -0.25) is 4.72 Å². The highest BCUT2D eigenvalue weighted by Gasteiger charge is 2.17. The Kier molecular flexibility index (Phi) is 3.37. The number of nitrogens with zero attached hydrogens (tertiary/aromatic N) is 1. The van der Waals surface area contributed by atoms with Gasteiger partial charge in [0.15, 0.2) is 0 Å². The molecule has 4 nitrogen and oxygen atoms in total. The van der Waals surface area contributed by atoms with Gasteiger partial charge in [0.1, 0.15) is 10.0 Å². The van der Waals surface area contributed by atoms with Crippen molar-refractivity contribution in [1.82, 2.24) is 4.98 Å². The van der Waals surface area contributed by atoms with Crippen LogP contribution in [0.5, 0.6) is 0 Å². The molecule has 2 aromatic rings. The average Bonchev–Trinajstić information content (AvgIpc) is 2.65. The predicted molar refractivity (Wildman–Crippen MR) is 69.1 cm³/mol. The zero-order valence-corrected chi connectivity index (χ0v) is 11.2. The Bertz CT molecular complexity index is 637. The number of thiophene rings is 1. The topological polar surface area (TPSA) is 59.1 Å². The number of nitrogens with one attached hydrogen (secondary N) is 1. The molecule has 0 atom stereocenters. The van der Waals surface area contributed by atoms with Crippen LogP contribution in [0.15, 0.2) is 34.7 Å². The van der Waals surface area contributed by atoms with Crippen LogP contribution in [-0.4, -0.2) is 13.4 Å². The quantitative estimate of drug-likeness (QED) is 0.945. The fraction of sp³-hybridized carbons (Fsp3) is 0.100. The summed E-state index contributed by atoms with van der Waals surface area (Å²) in [5.74, 6) is 0.300.